The number of carbonyl (C=O) groups excluding carboxylic acids is 1. The van der Waals surface area contributed by atoms with Crippen molar-refractivity contribution in [1.29, 1.82) is 0 Å². The first-order valence-corrected chi connectivity index (χ1v) is 6.51. The van der Waals surface area contributed by atoms with E-state index in [1.54, 1.807) is 12.1 Å². The van der Waals surface area contributed by atoms with Crippen LogP contribution in [0.15, 0.2) is 54.6 Å². The van der Waals surface area contributed by atoms with Crippen molar-refractivity contribution in [3.05, 3.63) is 65.7 Å². The Kier molecular flexibility index (Phi) is 4.42. The summed E-state index contributed by atoms with van der Waals surface area (Å²) in [6, 6.07) is 17.1. The number of carbonyl (C=O) groups is 1. The molecular weight excluding hydrogens is 254 g/mol. The van der Waals surface area contributed by atoms with Gasteiger partial charge in [0.15, 0.2) is 5.78 Å². The molecule has 2 aromatic rings. The molecule has 3 heteroatoms. The summed E-state index contributed by atoms with van der Waals surface area (Å²) in [4.78, 5) is 12.5. The summed E-state index contributed by atoms with van der Waals surface area (Å²) in [5.41, 5.74) is 2.77. The molecular formula is C16H15NOS. The summed E-state index contributed by atoms with van der Waals surface area (Å²) in [6.45, 7) is 2.02. The van der Waals surface area contributed by atoms with Crippen LogP contribution in [0.3, 0.4) is 0 Å². The van der Waals surface area contributed by atoms with Crippen LogP contribution in [0.2, 0.25) is 0 Å². The Morgan fingerprint density at radius 3 is 2.53 bits per heavy atom. The molecule has 0 aromatic heterocycles. The molecule has 0 heterocycles. The monoisotopic (exact) mass is 269 g/mol. The zero-order valence-electron chi connectivity index (χ0n) is 10.7. The minimum atomic E-state index is 0.0331. The van der Waals surface area contributed by atoms with Crippen molar-refractivity contribution in [2.75, 3.05) is 5.32 Å². The maximum Gasteiger partial charge on any atom is 0.169 e. The summed E-state index contributed by atoms with van der Waals surface area (Å²) >= 11 is 5.22. The number of hydrogen-bond donors (Lipinski definition) is 1. The van der Waals surface area contributed by atoms with Crippen molar-refractivity contribution in [2.45, 2.75) is 13.3 Å². The van der Waals surface area contributed by atoms with Gasteiger partial charge in [-0.25, -0.2) is 0 Å². The van der Waals surface area contributed by atoms with Crippen molar-refractivity contribution < 1.29 is 4.79 Å². The maximum atomic E-state index is 12.0. The van der Waals surface area contributed by atoms with Crippen LogP contribution in [-0.2, 0) is 0 Å². The lowest BCUT2D eigenvalue weighted by molar-refractivity contribution is 0.100. The Morgan fingerprint density at radius 2 is 1.84 bits per heavy atom. The standard InChI is InChI=1S/C16H15NOS/c1-12-6-5-9-14(10-12)17-16(19)11-15(18)13-7-3-2-4-8-13/h2-10H,11H2,1H3,(H,17,19). The normalized spacial score (nSPS) is 9.95. The molecule has 2 aromatic carbocycles. The Labute approximate surface area is 118 Å². The predicted molar refractivity (Wildman–Crippen MR) is 82.8 cm³/mol. The third-order valence-corrected chi connectivity index (χ3v) is 2.97. The molecule has 0 bridgehead atoms. The van der Waals surface area contributed by atoms with E-state index in [1.807, 2.05) is 49.4 Å². The van der Waals surface area contributed by atoms with Crippen LogP contribution in [0, 0.1) is 6.92 Å². The van der Waals surface area contributed by atoms with Crippen molar-refractivity contribution in [2.24, 2.45) is 0 Å². The van der Waals surface area contributed by atoms with Crippen LogP contribution in [0.1, 0.15) is 22.3 Å². The molecule has 0 atom stereocenters. The van der Waals surface area contributed by atoms with Gasteiger partial charge in [0.1, 0.15) is 0 Å². The van der Waals surface area contributed by atoms with Crippen molar-refractivity contribution in [3.63, 3.8) is 0 Å². The molecule has 0 radical (unpaired) electrons. The number of anilines is 1. The molecule has 0 amide bonds. The highest BCUT2D eigenvalue weighted by Gasteiger charge is 2.08. The summed E-state index contributed by atoms with van der Waals surface area (Å²) in [7, 11) is 0. The second kappa shape index (κ2) is 6.25. The fraction of sp³-hybridized carbons (Fsp3) is 0.125. The average molecular weight is 269 g/mol. The van der Waals surface area contributed by atoms with E-state index in [2.05, 4.69) is 5.32 Å². The Morgan fingerprint density at radius 1 is 1.11 bits per heavy atom. The number of rotatable bonds is 4. The van der Waals surface area contributed by atoms with Crippen LogP contribution in [-0.4, -0.2) is 10.8 Å². The van der Waals surface area contributed by atoms with Gasteiger partial charge in [0.2, 0.25) is 0 Å². The molecule has 0 unspecified atom stereocenters. The topological polar surface area (TPSA) is 29.1 Å². The first kappa shape index (κ1) is 13.4. The van der Waals surface area contributed by atoms with Crippen LogP contribution in [0.4, 0.5) is 5.69 Å². The quantitative estimate of drug-likeness (QED) is 0.671. The molecule has 19 heavy (non-hydrogen) atoms. The van der Waals surface area contributed by atoms with Crippen molar-refractivity contribution >= 4 is 28.7 Å². The molecule has 2 nitrogen and oxygen atoms in total. The second-order valence-electron chi connectivity index (χ2n) is 4.38. The van der Waals surface area contributed by atoms with E-state index in [0.717, 1.165) is 11.3 Å². The van der Waals surface area contributed by atoms with Gasteiger partial charge in [0, 0.05) is 11.3 Å². The van der Waals surface area contributed by atoms with Crippen LogP contribution in [0.25, 0.3) is 0 Å². The second-order valence-corrected chi connectivity index (χ2v) is 4.88. The van der Waals surface area contributed by atoms with Gasteiger partial charge in [0.05, 0.1) is 11.4 Å². The first-order valence-electron chi connectivity index (χ1n) is 6.10. The minimum absolute atomic E-state index is 0.0331. The van der Waals surface area contributed by atoms with Crippen LogP contribution >= 0.6 is 12.2 Å². The molecule has 0 spiro atoms. The van der Waals surface area contributed by atoms with Gasteiger partial charge in [-0.3, -0.25) is 4.79 Å². The van der Waals surface area contributed by atoms with Gasteiger partial charge in [0.25, 0.3) is 0 Å². The number of nitrogens with one attached hydrogen (secondary N) is 1. The van der Waals surface area contributed by atoms with Crippen molar-refractivity contribution in [3.8, 4) is 0 Å². The SMILES string of the molecule is Cc1cccc(NC(=S)CC(=O)c2ccccc2)c1. The molecule has 0 aliphatic rings. The zero-order valence-corrected chi connectivity index (χ0v) is 11.5. The first-order chi connectivity index (χ1) is 9.15. The highest BCUT2D eigenvalue weighted by Crippen LogP contribution is 2.11. The lowest BCUT2D eigenvalue weighted by atomic mass is 10.1. The number of ketones is 1. The molecule has 0 fully saturated rings. The summed E-state index contributed by atoms with van der Waals surface area (Å²) < 4.78 is 0. The Bertz CT molecular complexity index is 593. The van der Waals surface area contributed by atoms with Gasteiger partial charge >= 0.3 is 0 Å². The summed E-state index contributed by atoms with van der Waals surface area (Å²) in [5.74, 6) is 0.0331. The molecule has 0 aliphatic carbocycles. The van der Waals surface area contributed by atoms with E-state index < -0.39 is 0 Å². The predicted octanol–water partition coefficient (Wildman–Crippen LogP) is 4.01. The third-order valence-electron chi connectivity index (χ3n) is 2.72. The third kappa shape index (κ3) is 4.00. The summed E-state index contributed by atoms with van der Waals surface area (Å²) in [6.07, 6.45) is 0.229. The van der Waals surface area contributed by atoms with E-state index >= 15 is 0 Å². The highest BCUT2D eigenvalue weighted by molar-refractivity contribution is 7.80. The largest absolute Gasteiger partial charge is 0.350 e. The number of aryl methyl sites for hydroxylation is 1. The van der Waals surface area contributed by atoms with Crippen LogP contribution < -0.4 is 5.32 Å². The molecule has 0 saturated carbocycles. The van der Waals surface area contributed by atoms with Gasteiger partial charge in [-0.2, -0.15) is 0 Å². The smallest absolute Gasteiger partial charge is 0.169 e. The zero-order chi connectivity index (χ0) is 13.7. The number of Topliss-reactive ketones (excluding diaryl/α,β-unsaturated/α-hetero) is 1. The van der Waals surface area contributed by atoms with E-state index in [-0.39, 0.29) is 12.2 Å². The fourth-order valence-corrected chi connectivity index (χ4v) is 2.05. The van der Waals surface area contributed by atoms with Crippen LogP contribution in [0.5, 0.6) is 0 Å². The molecule has 0 saturated heterocycles. The van der Waals surface area contributed by atoms with Gasteiger partial charge in [-0.15, -0.1) is 0 Å². The number of thiocarbonyl (C=S) groups is 1. The van der Waals surface area contributed by atoms with Gasteiger partial charge in [-0.05, 0) is 24.6 Å². The lowest BCUT2D eigenvalue weighted by Gasteiger charge is -2.08. The van der Waals surface area contributed by atoms with E-state index in [9.17, 15) is 4.79 Å². The van der Waals surface area contributed by atoms with E-state index in [1.165, 1.54) is 0 Å². The minimum Gasteiger partial charge on any atom is -0.350 e. The average Bonchev–Trinajstić information content (AvgIpc) is 2.39. The molecule has 1 N–H and O–H groups in total. The summed E-state index contributed by atoms with van der Waals surface area (Å²) in [5, 5.41) is 3.09. The maximum absolute atomic E-state index is 12.0. The molecule has 2 rings (SSSR count). The van der Waals surface area contributed by atoms with Gasteiger partial charge < -0.3 is 5.32 Å². The van der Waals surface area contributed by atoms with Crippen molar-refractivity contribution in [1.82, 2.24) is 0 Å². The molecule has 0 aliphatic heterocycles. The number of hydrogen-bond acceptors (Lipinski definition) is 2. The molecule has 96 valence electrons. The Hall–Kier alpha value is -2.00. The number of benzene rings is 2. The van der Waals surface area contributed by atoms with E-state index in [4.69, 9.17) is 12.2 Å². The fourth-order valence-electron chi connectivity index (χ4n) is 1.80. The lowest BCUT2D eigenvalue weighted by Crippen LogP contribution is -2.14. The Balaban J connectivity index is 1.97. The highest BCUT2D eigenvalue weighted by atomic mass is 32.1. The van der Waals surface area contributed by atoms with E-state index in [0.29, 0.717) is 10.6 Å². The van der Waals surface area contributed by atoms with Gasteiger partial charge in [-0.1, -0.05) is 54.7 Å².